The van der Waals surface area contributed by atoms with Crippen LogP contribution < -0.4 is 5.32 Å². The molecule has 1 aliphatic rings. The van der Waals surface area contributed by atoms with Crippen molar-refractivity contribution in [2.45, 2.75) is 12.3 Å². The van der Waals surface area contributed by atoms with Crippen molar-refractivity contribution in [2.75, 3.05) is 18.5 Å². The van der Waals surface area contributed by atoms with Crippen LogP contribution in [0.3, 0.4) is 0 Å². The Bertz CT molecular complexity index is 1010. The molecule has 7 heteroatoms. The molecule has 0 spiro atoms. The van der Waals surface area contributed by atoms with Gasteiger partial charge in [-0.2, -0.15) is 5.26 Å². The maximum absolute atomic E-state index is 13.1. The van der Waals surface area contributed by atoms with E-state index in [9.17, 15) is 14.8 Å². The number of nitrogens with one attached hydrogen (secondary N) is 1. The molecule has 3 aromatic rings. The normalized spacial score (nSPS) is 21.5. The summed E-state index contributed by atoms with van der Waals surface area (Å²) in [5.41, 5.74) is 1.65. The second-order valence-electron chi connectivity index (χ2n) is 6.68. The van der Waals surface area contributed by atoms with Crippen molar-refractivity contribution >= 4 is 23.1 Å². The van der Waals surface area contributed by atoms with Crippen molar-refractivity contribution < 1.29 is 9.50 Å². The molecule has 1 aliphatic carbocycles. The highest BCUT2D eigenvalue weighted by molar-refractivity contribution is 6.30. The number of fused-ring (bicyclic) bond motifs is 1. The maximum Gasteiger partial charge on any atom is 0.168 e. The summed E-state index contributed by atoms with van der Waals surface area (Å²) in [6.45, 7) is 0.473. The van der Waals surface area contributed by atoms with Crippen LogP contribution in [0.4, 0.5) is 10.2 Å². The summed E-state index contributed by atoms with van der Waals surface area (Å²) < 4.78 is 14.8. The molecule has 1 saturated carbocycles. The van der Waals surface area contributed by atoms with Gasteiger partial charge in [0.05, 0.1) is 6.61 Å². The predicted octanol–water partition coefficient (Wildman–Crippen LogP) is 3.58. The lowest BCUT2D eigenvalue weighted by molar-refractivity contribution is 0.215. The van der Waals surface area contributed by atoms with Gasteiger partial charge in [-0.3, -0.25) is 4.40 Å². The van der Waals surface area contributed by atoms with E-state index < -0.39 is 0 Å². The first kappa shape index (κ1) is 16.8. The Morgan fingerprint density at radius 3 is 2.85 bits per heavy atom. The maximum atomic E-state index is 13.1. The number of nitrogens with zero attached hydrogens (tertiary/aromatic N) is 3. The van der Waals surface area contributed by atoms with E-state index in [4.69, 9.17) is 11.6 Å². The Morgan fingerprint density at radius 1 is 1.38 bits per heavy atom. The number of aliphatic hydroxyl groups is 1. The molecule has 0 radical (unpaired) electrons. The molecule has 0 amide bonds. The Kier molecular flexibility index (Phi) is 4.06. The third-order valence-corrected chi connectivity index (χ3v) is 5.31. The lowest BCUT2D eigenvalue weighted by Crippen LogP contribution is -2.21. The number of hydrogen-bond acceptors (Lipinski definition) is 4. The number of rotatable bonds is 5. The number of imidazole rings is 1. The van der Waals surface area contributed by atoms with E-state index in [0.29, 0.717) is 28.7 Å². The molecule has 26 heavy (non-hydrogen) atoms. The zero-order valence-corrected chi connectivity index (χ0v) is 14.5. The summed E-state index contributed by atoms with van der Waals surface area (Å²) in [6.07, 6.45) is 2.50. The average molecular weight is 371 g/mol. The number of benzene rings is 1. The van der Waals surface area contributed by atoms with Crippen LogP contribution in [0.5, 0.6) is 0 Å². The fourth-order valence-electron chi connectivity index (χ4n) is 3.45. The topological polar surface area (TPSA) is 73.3 Å². The Balaban J connectivity index is 1.56. The highest BCUT2D eigenvalue weighted by atomic mass is 35.5. The van der Waals surface area contributed by atoms with Crippen molar-refractivity contribution in [2.24, 2.45) is 5.41 Å². The zero-order chi connectivity index (χ0) is 18.3. The van der Waals surface area contributed by atoms with Crippen molar-refractivity contribution in [3.05, 3.63) is 64.7 Å². The first-order chi connectivity index (χ1) is 12.6. The summed E-state index contributed by atoms with van der Waals surface area (Å²) in [5, 5.41) is 23.1. The van der Waals surface area contributed by atoms with E-state index in [1.165, 1.54) is 12.1 Å². The molecule has 4 rings (SSSR count). The third-order valence-electron chi connectivity index (χ3n) is 5.08. The van der Waals surface area contributed by atoms with Gasteiger partial charge in [0.15, 0.2) is 11.5 Å². The number of pyridine rings is 1. The summed E-state index contributed by atoms with van der Waals surface area (Å²) in [6, 6.07) is 11.9. The van der Waals surface area contributed by atoms with Gasteiger partial charge >= 0.3 is 0 Å². The zero-order valence-electron chi connectivity index (χ0n) is 13.8. The Morgan fingerprint density at radius 2 is 2.15 bits per heavy atom. The monoisotopic (exact) mass is 370 g/mol. The molecule has 132 valence electrons. The Hall–Kier alpha value is -2.62. The molecule has 2 heterocycles. The Labute approximate surface area is 154 Å². The minimum absolute atomic E-state index is 0.00310. The van der Waals surface area contributed by atoms with Crippen LogP contribution in [0.15, 0.2) is 42.6 Å². The summed E-state index contributed by atoms with van der Waals surface area (Å²) in [4.78, 5) is 4.43. The van der Waals surface area contributed by atoms with E-state index in [1.54, 1.807) is 34.9 Å². The minimum Gasteiger partial charge on any atom is -0.396 e. The fraction of sp³-hybridized carbons (Fsp3) is 0.263. The summed E-state index contributed by atoms with van der Waals surface area (Å²) in [7, 11) is 0. The standard InChI is InChI=1S/C19H16ClFN4O/c20-13-5-6-25-16(9-22)18(24-17(25)7-13)23-10-19(11-26)8-15(19)12-1-3-14(21)4-2-12/h1-7,15,23,26H,8,10-11H2. The molecule has 2 atom stereocenters. The molecule has 2 aromatic heterocycles. The van der Waals surface area contributed by atoms with Gasteiger partial charge in [-0.15, -0.1) is 0 Å². The van der Waals surface area contributed by atoms with E-state index >= 15 is 0 Å². The molecule has 1 fully saturated rings. The summed E-state index contributed by atoms with van der Waals surface area (Å²) in [5.74, 6) is 0.342. The van der Waals surface area contributed by atoms with Crippen molar-refractivity contribution in [1.82, 2.24) is 9.38 Å². The van der Waals surface area contributed by atoms with E-state index in [2.05, 4.69) is 16.4 Å². The smallest absolute Gasteiger partial charge is 0.168 e. The van der Waals surface area contributed by atoms with E-state index in [-0.39, 0.29) is 23.8 Å². The van der Waals surface area contributed by atoms with Crippen LogP contribution in [0, 0.1) is 22.6 Å². The van der Waals surface area contributed by atoms with Gasteiger partial charge in [-0.1, -0.05) is 23.7 Å². The molecule has 0 bridgehead atoms. The average Bonchev–Trinajstić information content (AvgIpc) is 3.26. The molecular weight excluding hydrogens is 355 g/mol. The highest BCUT2D eigenvalue weighted by Gasteiger charge is 2.54. The number of hydrogen-bond donors (Lipinski definition) is 2. The SMILES string of the molecule is N#Cc1c(NCC2(CO)CC2c2ccc(F)cc2)nc2cc(Cl)ccn12. The van der Waals surface area contributed by atoms with Crippen LogP contribution in [-0.4, -0.2) is 27.6 Å². The van der Waals surface area contributed by atoms with Crippen molar-refractivity contribution in [3.63, 3.8) is 0 Å². The first-order valence-corrected chi connectivity index (χ1v) is 8.62. The van der Waals surface area contributed by atoms with Crippen molar-refractivity contribution in [3.8, 4) is 6.07 Å². The van der Waals surface area contributed by atoms with Gasteiger partial charge in [0, 0.05) is 29.2 Å². The second-order valence-corrected chi connectivity index (χ2v) is 7.11. The lowest BCUT2D eigenvalue weighted by atomic mass is 9.99. The van der Waals surface area contributed by atoms with Crippen LogP contribution in [0.2, 0.25) is 5.02 Å². The molecule has 2 N–H and O–H groups in total. The van der Waals surface area contributed by atoms with Gasteiger partial charge in [0.1, 0.15) is 17.5 Å². The van der Waals surface area contributed by atoms with Gasteiger partial charge < -0.3 is 10.4 Å². The second kappa shape index (κ2) is 6.27. The fourth-order valence-corrected chi connectivity index (χ4v) is 3.60. The summed E-state index contributed by atoms with van der Waals surface area (Å²) >= 11 is 5.99. The largest absolute Gasteiger partial charge is 0.396 e. The highest BCUT2D eigenvalue weighted by Crippen LogP contribution is 2.58. The quantitative estimate of drug-likeness (QED) is 0.720. The number of aromatic nitrogens is 2. The van der Waals surface area contributed by atoms with Crippen LogP contribution >= 0.6 is 11.6 Å². The van der Waals surface area contributed by atoms with E-state index in [0.717, 1.165) is 12.0 Å². The van der Waals surface area contributed by atoms with Crippen LogP contribution in [0.1, 0.15) is 23.6 Å². The van der Waals surface area contributed by atoms with Gasteiger partial charge in [0.2, 0.25) is 0 Å². The van der Waals surface area contributed by atoms with Gasteiger partial charge in [-0.25, -0.2) is 9.37 Å². The third kappa shape index (κ3) is 2.79. The van der Waals surface area contributed by atoms with Gasteiger partial charge in [0.25, 0.3) is 0 Å². The molecular formula is C19H16ClFN4O. The van der Waals surface area contributed by atoms with Gasteiger partial charge in [-0.05, 0) is 36.1 Å². The van der Waals surface area contributed by atoms with Crippen LogP contribution in [-0.2, 0) is 0 Å². The van der Waals surface area contributed by atoms with E-state index in [1.807, 2.05) is 0 Å². The number of aliphatic hydroxyl groups excluding tert-OH is 1. The molecule has 0 saturated heterocycles. The lowest BCUT2D eigenvalue weighted by Gasteiger charge is -2.15. The molecule has 0 aliphatic heterocycles. The number of anilines is 1. The van der Waals surface area contributed by atoms with Crippen LogP contribution in [0.25, 0.3) is 5.65 Å². The molecule has 5 nitrogen and oxygen atoms in total. The predicted molar refractivity (Wildman–Crippen MR) is 96.7 cm³/mol. The molecule has 1 aromatic carbocycles. The number of halogens is 2. The molecule has 2 unspecified atom stereocenters. The minimum atomic E-state index is -0.335. The van der Waals surface area contributed by atoms with Crippen molar-refractivity contribution in [1.29, 1.82) is 5.26 Å². The first-order valence-electron chi connectivity index (χ1n) is 8.24. The number of nitriles is 1.